The summed E-state index contributed by atoms with van der Waals surface area (Å²) in [5.74, 6) is 0.523. The van der Waals surface area contributed by atoms with E-state index in [1.54, 1.807) is 37.9 Å². The van der Waals surface area contributed by atoms with E-state index < -0.39 is 0 Å². The molecule has 0 aliphatic rings. The Balaban J connectivity index is 2.15. The van der Waals surface area contributed by atoms with E-state index in [0.29, 0.717) is 12.2 Å². The molecule has 0 fully saturated rings. The van der Waals surface area contributed by atoms with E-state index in [9.17, 15) is 4.79 Å². The van der Waals surface area contributed by atoms with Crippen LogP contribution in [0.4, 0.5) is 0 Å². The van der Waals surface area contributed by atoms with Gasteiger partial charge in [-0.1, -0.05) is 11.8 Å². The van der Waals surface area contributed by atoms with Crippen molar-refractivity contribution in [1.82, 2.24) is 0 Å². The van der Waals surface area contributed by atoms with Gasteiger partial charge in [0, 0.05) is 14.3 Å². The second-order valence-corrected chi connectivity index (χ2v) is 6.11. The largest absolute Gasteiger partial charge is 0.497 e. The lowest BCUT2D eigenvalue weighted by atomic mass is 10.2. The molecule has 3 nitrogen and oxygen atoms in total. The SMILES string of the molecule is CCOC(=O)c1ccc(Sc2ccc(OC)cc2)c(Br)c1. The predicted octanol–water partition coefficient (Wildman–Crippen LogP) is 4.79. The van der Waals surface area contributed by atoms with E-state index in [1.165, 1.54) is 0 Å². The van der Waals surface area contributed by atoms with Crippen molar-refractivity contribution in [2.45, 2.75) is 16.7 Å². The van der Waals surface area contributed by atoms with E-state index >= 15 is 0 Å². The fraction of sp³-hybridized carbons (Fsp3) is 0.188. The minimum atomic E-state index is -0.306. The molecule has 21 heavy (non-hydrogen) atoms. The van der Waals surface area contributed by atoms with Gasteiger partial charge in [-0.25, -0.2) is 4.79 Å². The van der Waals surface area contributed by atoms with Gasteiger partial charge in [-0.15, -0.1) is 0 Å². The molecule has 0 aromatic heterocycles. The van der Waals surface area contributed by atoms with E-state index in [0.717, 1.165) is 20.0 Å². The summed E-state index contributed by atoms with van der Waals surface area (Å²) in [5, 5.41) is 0. The van der Waals surface area contributed by atoms with Gasteiger partial charge in [0.05, 0.1) is 19.3 Å². The topological polar surface area (TPSA) is 35.5 Å². The highest BCUT2D eigenvalue weighted by Gasteiger charge is 2.10. The average molecular weight is 367 g/mol. The number of methoxy groups -OCH3 is 1. The summed E-state index contributed by atoms with van der Waals surface area (Å²) in [5.41, 5.74) is 0.544. The van der Waals surface area contributed by atoms with Gasteiger partial charge in [0.2, 0.25) is 0 Å². The monoisotopic (exact) mass is 366 g/mol. The number of hydrogen-bond donors (Lipinski definition) is 0. The molecule has 0 spiro atoms. The summed E-state index contributed by atoms with van der Waals surface area (Å²) in [7, 11) is 1.65. The first-order chi connectivity index (χ1) is 10.1. The Bertz CT molecular complexity index is 626. The molecule has 0 bridgehead atoms. The van der Waals surface area contributed by atoms with Crippen LogP contribution in [-0.2, 0) is 4.74 Å². The van der Waals surface area contributed by atoms with Crippen LogP contribution in [0.25, 0.3) is 0 Å². The molecule has 2 aromatic carbocycles. The first-order valence-corrected chi connectivity index (χ1v) is 8.03. The molecule has 0 N–H and O–H groups in total. The van der Waals surface area contributed by atoms with Gasteiger partial charge >= 0.3 is 5.97 Å². The molecule has 0 atom stereocenters. The minimum Gasteiger partial charge on any atom is -0.497 e. The van der Waals surface area contributed by atoms with Crippen LogP contribution in [0.15, 0.2) is 56.7 Å². The normalized spacial score (nSPS) is 10.2. The van der Waals surface area contributed by atoms with Gasteiger partial charge in [-0.05, 0) is 65.3 Å². The maximum Gasteiger partial charge on any atom is 0.338 e. The number of halogens is 1. The third-order valence-corrected chi connectivity index (χ3v) is 4.73. The molecule has 0 aliphatic heterocycles. The highest BCUT2D eigenvalue weighted by atomic mass is 79.9. The second kappa shape index (κ2) is 7.52. The van der Waals surface area contributed by atoms with E-state index in [4.69, 9.17) is 9.47 Å². The van der Waals surface area contributed by atoms with Crippen molar-refractivity contribution in [2.75, 3.05) is 13.7 Å². The van der Waals surface area contributed by atoms with Crippen LogP contribution >= 0.6 is 27.7 Å². The van der Waals surface area contributed by atoms with Gasteiger partial charge in [0.1, 0.15) is 5.75 Å². The maximum atomic E-state index is 11.7. The molecular weight excluding hydrogens is 352 g/mol. The number of ether oxygens (including phenoxy) is 2. The lowest BCUT2D eigenvalue weighted by molar-refractivity contribution is 0.0526. The van der Waals surface area contributed by atoms with Crippen molar-refractivity contribution < 1.29 is 14.3 Å². The molecule has 0 saturated carbocycles. The molecule has 0 heterocycles. The lowest BCUT2D eigenvalue weighted by Gasteiger charge is -2.07. The molecule has 2 rings (SSSR count). The first-order valence-electron chi connectivity index (χ1n) is 6.42. The van der Waals surface area contributed by atoms with Gasteiger partial charge in [-0.2, -0.15) is 0 Å². The number of benzene rings is 2. The number of hydrogen-bond acceptors (Lipinski definition) is 4. The van der Waals surface area contributed by atoms with Crippen molar-refractivity contribution in [2.24, 2.45) is 0 Å². The molecule has 0 saturated heterocycles. The lowest BCUT2D eigenvalue weighted by Crippen LogP contribution is -2.04. The molecule has 0 unspecified atom stereocenters. The third kappa shape index (κ3) is 4.25. The van der Waals surface area contributed by atoms with E-state index in [-0.39, 0.29) is 5.97 Å². The van der Waals surface area contributed by atoms with Gasteiger partial charge < -0.3 is 9.47 Å². The number of carbonyl (C=O) groups is 1. The molecule has 0 aliphatic carbocycles. The fourth-order valence-electron chi connectivity index (χ4n) is 1.70. The van der Waals surface area contributed by atoms with Crippen LogP contribution in [0.2, 0.25) is 0 Å². The van der Waals surface area contributed by atoms with Gasteiger partial charge in [-0.3, -0.25) is 0 Å². The standard InChI is InChI=1S/C16H15BrO3S/c1-3-20-16(18)11-4-9-15(14(17)10-11)21-13-7-5-12(19-2)6-8-13/h4-10H,3H2,1-2H3. The zero-order valence-electron chi connectivity index (χ0n) is 11.8. The Labute approximate surface area is 136 Å². The Morgan fingerprint density at radius 1 is 1.19 bits per heavy atom. The average Bonchev–Trinajstić information content (AvgIpc) is 2.50. The Morgan fingerprint density at radius 3 is 2.48 bits per heavy atom. The smallest absolute Gasteiger partial charge is 0.338 e. The van der Waals surface area contributed by atoms with Crippen molar-refractivity contribution in [1.29, 1.82) is 0 Å². The molecular formula is C16H15BrO3S. The zero-order chi connectivity index (χ0) is 15.2. The zero-order valence-corrected chi connectivity index (χ0v) is 14.2. The van der Waals surface area contributed by atoms with Crippen LogP contribution in [0.3, 0.4) is 0 Å². The molecule has 2 aromatic rings. The molecule has 0 amide bonds. The van der Waals surface area contributed by atoms with Crippen LogP contribution in [-0.4, -0.2) is 19.7 Å². The van der Waals surface area contributed by atoms with Gasteiger partial charge in [0.25, 0.3) is 0 Å². The molecule has 5 heteroatoms. The number of esters is 1. The van der Waals surface area contributed by atoms with Crippen LogP contribution < -0.4 is 4.74 Å². The number of carbonyl (C=O) groups excluding carboxylic acids is 1. The first kappa shape index (κ1) is 15.9. The Hall–Kier alpha value is -1.46. The molecule has 110 valence electrons. The summed E-state index contributed by atoms with van der Waals surface area (Å²) in [6.07, 6.45) is 0. The second-order valence-electron chi connectivity index (χ2n) is 4.14. The maximum absolute atomic E-state index is 11.7. The summed E-state index contributed by atoms with van der Waals surface area (Å²) in [6.45, 7) is 2.17. The van der Waals surface area contributed by atoms with Gasteiger partial charge in [0.15, 0.2) is 0 Å². The summed E-state index contributed by atoms with van der Waals surface area (Å²) in [4.78, 5) is 13.8. The third-order valence-electron chi connectivity index (χ3n) is 2.73. The number of rotatable bonds is 5. The van der Waals surface area contributed by atoms with E-state index in [1.807, 2.05) is 30.3 Å². The Morgan fingerprint density at radius 2 is 1.90 bits per heavy atom. The van der Waals surface area contributed by atoms with Crippen molar-refractivity contribution >= 4 is 33.7 Å². The van der Waals surface area contributed by atoms with Crippen molar-refractivity contribution in [3.05, 3.63) is 52.5 Å². The van der Waals surface area contributed by atoms with E-state index in [2.05, 4.69) is 15.9 Å². The fourth-order valence-corrected chi connectivity index (χ4v) is 3.14. The van der Waals surface area contributed by atoms with Crippen LogP contribution in [0, 0.1) is 0 Å². The Kier molecular flexibility index (Phi) is 5.70. The predicted molar refractivity (Wildman–Crippen MR) is 87.2 cm³/mol. The van der Waals surface area contributed by atoms with Crippen LogP contribution in [0.1, 0.15) is 17.3 Å². The minimum absolute atomic E-state index is 0.306. The quantitative estimate of drug-likeness (QED) is 0.712. The highest BCUT2D eigenvalue weighted by Crippen LogP contribution is 2.34. The van der Waals surface area contributed by atoms with Crippen LogP contribution in [0.5, 0.6) is 5.75 Å². The summed E-state index contributed by atoms with van der Waals surface area (Å²) < 4.78 is 11.0. The summed E-state index contributed by atoms with van der Waals surface area (Å²) in [6, 6.07) is 13.3. The molecule has 0 radical (unpaired) electrons. The van der Waals surface area contributed by atoms with Crippen molar-refractivity contribution in [3.63, 3.8) is 0 Å². The van der Waals surface area contributed by atoms with Crippen molar-refractivity contribution in [3.8, 4) is 5.75 Å². The summed E-state index contributed by atoms with van der Waals surface area (Å²) >= 11 is 5.11. The highest BCUT2D eigenvalue weighted by molar-refractivity contribution is 9.10.